The quantitative estimate of drug-likeness (QED) is 0.713. The Hall–Kier alpha value is -0.0400. The van der Waals surface area contributed by atoms with E-state index in [2.05, 4.69) is 20.8 Å². The van der Waals surface area contributed by atoms with Crippen LogP contribution in [-0.4, -0.2) is 10.7 Å². The molecule has 1 N–H and O–H groups in total. The summed E-state index contributed by atoms with van der Waals surface area (Å²) in [6.45, 7) is 6.62. The van der Waals surface area contributed by atoms with Crippen molar-refractivity contribution < 1.29 is 5.11 Å². The zero-order valence-corrected chi connectivity index (χ0v) is 9.34. The van der Waals surface area contributed by atoms with Gasteiger partial charge in [0.15, 0.2) is 0 Å². The molecule has 0 bridgehead atoms. The highest BCUT2D eigenvalue weighted by atomic mass is 16.3. The van der Waals surface area contributed by atoms with E-state index in [-0.39, 0.29) is 5.60 Å². The molecule has 0 aliphatic heterocycles. The van der Waals surface area contributed by atoms with Gasteiger partial charge >= 0.3 is 0 Å². The van der Waals surface area contributed by atoms with Crippen LogP contribution in [0.25, 0.3) is 0 Å². The van der Waals surface area contributed by atoms with Gasteiger partial charge in [-0.2, -0.15) is 0 Å². The Morgan fingerprint density at radius 3 is 2.23 bits per heavy atom. The minimum Gasteiger partial charge on any atom is -0.390 e. The SMILES string of the molecule is CCC1CCC(O)(C(C)CC)CC1. The fraction of sp³-hybridized carbons (Fsp3) is 1.00. The molecule has 1 nitrogen and oxygen atoms in total. The molecule has 1 unspecified atom stereocenters. The zero-order chi connectivity index (χ0) is 9.90. The van der Waals surface area contributed by atoms with Crippen molar-refractivity contribution in [1.29, 1.82) is 0 Å². The predicted octanol–water partition coefficient (Wildman–Crippen LogP) is 3.36. The molecule has 1 rings (SSSR count). The minimum absolute atomic E-state index is 0.333. The second-order valence-corrected chi connectivity index (χ2v) is 4.76. The predicted molar refractivity (Wildman–Crippen MR) is 56.7 cm³/mol. The summed E-state index contributed by atoms with van der Waals surface area (Å²) in [7, 11) is 0. The third kappa shape index (κ3) is 2.46. The van der Waals surface area contributed by atoms with Crippen LogP contribution in [0.4, 0.5) is 0 Å². The van der Waals surface area contributed by atoms with E-state index < -0.39 is 0 Å². The van der Waals surface area contributed by atoms with Crippen molar-refractivity contribution in [3.05, 3.63) is 0 Å². The van der Waals surface area contributed by atoms with Gasteiger partial charge in [0.2, 0.25) is 0 Å². The highest BCUT2D eigenvalue weighted by molar-refractivity contribution is 4.88. The van der Waals surface area contributed by atoms with Crippen LogP contribution in [0.1, 0.15) is 59.3 Å². The first-order chi connectivity index (χ1) is 6.12. The summed E-state index contributed by atoms with van der Waals surface area (Å²) >= 11 is 0. The van der Waals surface area contributed by atoms with Crippen molar-refractivity contribution >= 4 is 0 Å². The summed E-state index contributed by atoms with van der Waals surface area (Å²) in [6.07, 6.45) is 6.92. The molecule has 1 atom stereocenters. The minimum atomic E-state index is -0.333. The molecular formula is C12H24O. The van der Waals surface area contributed by atoms with Gasteiger partial charge in [-0.3, -0.25) is 0 Å². The van der Waals surface area contributed by atoms with Gasteiger partial charge in [-0.25, -0.2) is 0 Å². The van der Waals surface area contributed by atoms with E-state index in [1.54, 1.807) is 0 Å². The van der Waals surface area contributed by atoms with Crippen LogP contribution >= 0.6 is 0 Å². The number of hydrogen-bond donors (Lipinski definition) is 1. The lowest BCUT2D eigenvalue weighted by Gasteiger charge is -2.40. The van der Waals surface area contributed by atoms with Gasteiger partial charge < -0.3 is 5.11 Å². The van der Waals surface area contributed by atoms with E-state index in [0.717, 1.165) is 25.2 Å². The molecule has 0 aromatic rings. The van der Waals surface area contributed by atoms with Crippen LogP contribution in [0.15, 0.2) is 0 Å². The van der Waals surface area contributed by atoms with E-state index in [9.17, 15) is 5.11 Å². The molecule has 0 spiro atoms. The van der Waals surface area contributed by atoms with Gasteiger partial charge in [0.1, 0.15) is 0 Å². The zero-order valence-electron chi connectivity index (χ0n) is 9.34. The summed E-state index contributed by atoms with van der Waals surface area (Å²) in [5.74, 6) is 1.36. The lowest BCUT2D eigenvalue weighted by atomic mass is 9.71. The molecular weight excluding hydrogens is 160 g/mol. The molecule has 78 valence electrons. The van der Waals surface area contributed by atoms with Gasteiger partial charge in [0, 0.05) is 0 Å². The van der Waals surface area contributed by atoms with E-state index >= 15 is 0 Å². The van der Waals surface area contributed by atoms with Gasteiger partial charge in [-0.1, -0.05) is 33.6 Å². The number of rotatable bonds is 3. The average molecular weight is 184 g/mol. The third-order valence-electron chi connectivity index (χ3n) is 4.08. The van der Waals surface area contributed by atoms with Gasteiger partial charge in [-0.05, 0) is 37.5 Å². The first-order valence-corrected chi connectivity index (χ1v) is 5.84. The largest absolute Gasteiger partial charge is 0.390 e. The maximum Gasteiger partial charge on any atom is 0.0673 e. The van der Waals surface area contributed by atoms with Crippen LogP contribution in [-0.2, 0) is 0 Å². The highest BCUT2D eigenvalue weighted by Crippen LogP contribution is 2.39. The smallest absolute Gasteiger partial charge is 0.0673 e. The first-order valence-electron chi connectivity index (χ1n) is 5.84. The molecule has 1 fully saturated rings. The molecule has 1 aliphatic carbocycles. The number of aliphatic hydroxyl groups is 1. The monoisotopic (exact) mass is 184 g/mol. The molecule has 0 saturated heterocycles. The van der Waals surface area contributed by atoms with Crippen LogP contribution in [0.5, 0.6) is 0 Å². The maximum absolute atomic E-state index is 10.4. The van der Waals surface area contributed by atoms with Crippen molar-refractivity contribution in [3.63, 3.8) is 0 Å². The summed E-state index contributed by atoms with van der Waals surface area (Å²) < 4.78 is 0. The first kappa shape index (κ1) is 11.0. The molecule has 0 aromatic heterocycles. The van der Waals surface area contributed by atoms with Crippen LogP contribution in [0, 0.1) is 11.8 Å². The van der Waals surface area contributed by atoms with E-state index in [0.29, 0.717) is 5.92 Å². The van der Waals surface area contributed by atoms with Crippen molar-refractivity contribution in [2.45, 2.75) is 64.9 Å². The fourth-order valence-corrected chi connectivity index (χ4v) is 2.46. The maximum atomic E-state index is 10.4. The molecule has 0 amide bonds. The Morgan fingerprint density at radius 1 is 1.31 bits per heavy atom. The Bertz CT molecular complexity index is 145. The molecule has 0 aromatic carbocycles. The average Bonchev–Trinajstić information content (AvgIpc) is 2.18. The molecule has 1 saturated carbocycles. The van der Waals surface area contributed by atoms with Crippen LogP contribution in [0.2, 0.25) is 0 Å². The Morgan fingerprint density at radius 2 is 1.85 bits per heavy atom. The van der Waals surface area contributed by atoms with E-state index in [4.69, 9.17) is 0 Å². The second-order valence-electron chi connectivity index (χ2n) is 4.76. The normalized spacial score (nSPS) is 37.4. The van der Waals surface area contributed by atoms with Crippen molar-refractivity contribution in [2.75, 3.05) is 0 Å². The molecule has 1 heteroatoms. The molecule has 13 heavy (non-hydrogen) atoms. The highest BCUT2D eigenvalue weighted by Gasteiger charge is 2.36. The van der Waals surface area contributed by atoms with Crippen LogP contribution in [0.3, 0.4) is 0 Å². The lowest BCUT2D eigenvalue weighted by Crippen LogP contribution is -2.40. The van der Waals surface area contributed by atoms with E-state index in [1.807, 2.05) is 0 Å². The van der Waals surface area contributed by atoms with Crippen LogP contribution < -0.4 is 0 Å². The van der Waals surface area contributed by atoms with E-state index in [1.165, 1.54) is 19.3 Å². The van der Waals surface area contributed by atoms with Crippen molar-refractivity contribution in [1.82, 2.24) is 0 Å². The molecule has 0 radical (unpaired) electrons. The summed E-state index contributed by atoms with van der Waals surface area (Å²) in [4.78, 5) is 0. The van der Waals surface area contributed by atoms with Gasteiger partial charge in [-0.15, -0.1) is 0 Å². The molecule has 1 aliphatic rings. The summed E-state index contributed by atoms with van der Waals surface area (Å²) in [6, 6.07) is 0. The Labute approximate surface area is 82.5 Å². The van der Waals surface area contributed by atoms with Gasteiger partial charge in [0.05, 0.1) is 5.60 Å². The third-order valence-corrected chi connectivity index (χ3v) is 4.08. The topological polar surface area (TPSA) is 20.2 Å². The second kappa shape index (κ2) is 4.45. The Balaban J connectivity index is 2.46. The lowest BCUT2D eigenvalue weighted by molar-refractivity contribution is -0.0549. The standard InChI is InChI=1S/C12H24O/c1-4-10(3)12(13)8-6-11(5-2)7-9-12/h10-11,13H,4-9H2,1-3H3. The van der Waals surface area contributed by atoms with Crippen molar-refractivity contribution in [3.8, 4) is 0 Å². The van der Waals surface area contributed by atoms with Crippen molar-refractivity contribution in [2.24, 2.45) is 11.8 Å². The Kier molecular flexibility index (Phi) is 3.78. The molecule has 0 heterocycles. The summed E-state index contributed by atoms with van der Waals surface area (Å²) in [5.41, 5.74) is -0.333. The van der Waals surface area contributed by atoms with Gasteiger partial charge in [0.25, 0.3) is 0 Å². The fourth-order valence-electron chi connectivity index (χ4n) is 2.46. The number of hydrogen-bond acceptors (Lipinski definition) is 1. The summed E-state index contributed by atoms with van der Waals surface area (Å²) in [5, 5.41) is 10.4.